The average molecular weight is 173 g/mol. The average Bonchev–Trinajstić information content (AvgIpc) is 2.19. The molecule has 0 radical (unpaired) electrons. The van der Waals surface area contributed by atoms with Gasteiger partial charge >= 0.3 is 0 Å². The lowest BCUT2D eigenvalue weighted by Gasteiger charge is -2.25. The first-order chi connectivity index (χ1) is 5.93. The number of ether oxygens (including phenoxy) is 1. The molecule has 74 valence electrons. The molecule has 2 nitrogen and oxygen atoms in total. The van der Waals surface area contributed by atoms with E-state index in [2.05, 4.69) is 4.90 Å². The van der Waals surface area contributed by atoms with Gasteiger partial charge in [-0.2, -0.15) is 0 Å². The zero-order chi connectivity index (χ0) is 9.23. The fourth-order valence-electron chi connectivity index (χ4n) is 1.40. The third kappa shape index (κ3) is 5.56. The lowest BCUT2D eigenvalue weighted by atomic mass is 10.1. The van der Waals surface area contributed by atoms with Gasteiger partial charge in [0.05, 0.1) is 6.61 Å². The smallest absolute Gasteiger partial charge is 0.0589 e. The van der Waals surface area contributed by atoms with E-state index in [-0.39, 0.29) is 0 Å². The van der Waals surface area contributed by atoms with Crippen LogP contribution < -0.4 is 0 Å². The van der Waals surface area contributed by atoms with Gasteiger partial charge in [0.2, 0.25) is 0 Å². The molecule has 0 aromatic rings. The van der Waals surface area contributed by atoms with Gasteiger partial charge in [-0.3, -0.25) is 0 Å². The van der Waals surface area contributed by atoms with E-state index in [4.69, 9.17) is 4.74 Å². The quantitative estimate of drug-likeness (QED) is 0.648. The van der Waals surface area contributed by atoms with Gasteiger partial charge in [-0.05, 0) is 25.9 Å². The standard InChI is InChI=1S/C8H17NO.C2H6/c1-10-8-7-9-5-3-2-4-6-9;1-2/h2-8H2,1H3;1-2H3. The molecule has 2 heteroatoms. The van der Waals surface area contributed by atoms with Crippen molar-refractivity contribution in [3.8, 4) is 0 Å². The third-order valence-corrected chi connectivity index (χ3v) is 2.06. The zero-order valence-electron chi connectivity index (χ0n) is 8.81. The molecule has 0 unspecified atom stereocenters. The summed E-state index contributed by atoms with van der Waals surface area (Å²) >= 11 is 0. The van der Waals surface area contributed by atoms with E-state index in [1.807, 2.05) is 13.8 Å². The van der Waals surface area contributed by atoms with E-state index >= 15 is 0 Å². The van der Waals surface area contributed by atoms with E-state index in [9.17, 15) is 0 Å². The topological polar surface area (TPSA) is 12.5 Å². The molecule has 0 atom stereocenters. The molecule has 1 rings (SSSR count). The highest BCUT2D eigenvalue weighted by molar-refractivity contribution is 4.63. The van der Waals surface area contributed by atoms with Crippen molar-refractivity contribution in [2.45, 2.75) is 33.1 Å². The van der Waals surface area contributed by atoms with Crippen LogP contribution in [0.3, 0.4) is 0 Å². The Labute approximate surface area is 76.9 Å². The van der Waals surface area contributed by atoms with Crippen LogP contribution in [0.1, 0.15) is 33.1 Å². The Bertz CT molecular complexity index is 79.9. The Balaban J connectivity index is 0.000000561. The van der Waals surface area contributed by atoms with Gasteiger partial charge in [0.15, 0.2) is 0 Å². The molecule has 0 N–H and O–H groups in total. The Hall–Kier alpha value is -0.0800. The van der Waals surface area contributed by atoms with Gasteiger partial charge in [-0.25, -0.2) is 0 Å². The highest BCUT2D eigenvalue weighted by Gasteiger charge is 2.08. The first kappa shape index (κ1) is 11.9. The van der Waals surface area contributed by atoms with Crippen LogP contribution in [-0.2, 0) is 4.74 Å². The normalized spacial score (nSPS) is 18.2. The van der Waals surface area contributed by atoms with E-state index in [1.54, 1.807) is 7.11 Å². The number of likely N-dealkylation sites (tertiary alicyclic amines) is 1. The van der Waals surface area contributed by atoms with Crippen LogP contribution in [0.25, 0.3) is 0 Å². The van der Waals surface area contributed by atoms with Gasteiger partial charge in [-0.1, -0.05) is 20.3 Å². The summed E-state index contributed by atoms with van der Waals surface area (Å²) in [7, 11) is 1.77. The lowest BCUT2D eigenvalue weighted by molar-refractivity contribution is 0.135. The summed E-state index contributed by atoms with van der Waals surface area (Å²) in [6.45, 7) is 8.57. The maximum atomic E-state index is 5.00. The molecule has 0 spiro atoms. The molecule has 0 aliphatic carbocycles. The summed E-state index contributed by atoms with van der Waals surface area (Å²) in [5, 5.41) is 0. The van der Waals surface area contributed by atoms with Crippen LogP contribution in [0.15, 0.2) is 0 Å². The first-order valence-electron chi connectivity index (χ1n) is 5.15. The molecule has 1 fully saturated rings. The number of methoxy groups -OCH3 is 1. The van der Waals surface area contributed by atoms with Crippen molar-refractivity contribution >= 4 is 0 Å². The minimum Gasteiger partial charge on any atom is -0.383 e. The summed E-state index contributed by atoms with van der Waals surface area (Å²) in [6, 6.07) is 0. The highest BCUT2D eigenvalue weighted by Crippen LogP contribution is 2.07. The molecule has 1 aliphatic heterocycles. The van der Waals surface area contributed by atoms with Crippen molar-refractivity contribution in [1.29, 1.82) is 0 Å². The summed E-state index contributed by atoms with van der Waals surface area (Å²) < 4.78 is 5.00. The lowest BCUT2D eigenvalue weighted by Crippen LogP contribution is -2.32. The van der Waals surface area contributed by atoms with E-state index < -0.39 is 0 Å². The van der Waals surface area contributed by atoms with Gasteiger partial charge < -0.3 is 9.64 Å². The van der Waals surface area contributed by atoms with Crippen molar-refractivity contribution in [3.63, 3.8) is 0 Å². The van der Waals surface area contributed by atoms with Crippen LogP contribution in [-0.4, -0.2) is 38.3 Å². The summed E-state index contributed by atoms with van der Waals surface area (Å²) in [5.74, 6) is 0. The molecule has 0 saturated carbocycles. The fourth-order valence-corrected chi connectivity index (χ4v) is 1.40. The van der Waals surface area contributed by atoms with Crippen molar-refractivity contribution < 1.29 is 4.74 Å². The maximum absolute atomic E-state index is 5.00. The number of hydrogen-bond donors (Lipinski definition) is 0. The maximum Gasteiger partial charge on any atom is 0.0589 e. The summed E-state index contributed by atoms with van der Waals surface area (Å²) in [6.07, 6.45) is 4.18. The second kappa shape index (κ2) is 9.01. The minimum absolute atomic E-state index is 0.889. The van der Waals surface area contributed by atoms with Gasteiger partial charge in [0, 0.05) is 13.7 Å². The molecule has 0 aromatic carbocycles. The van der Waals surface area contributed by atoms with Crippen molar-refractivity contribution in [2.24, 2.45) is 0 Å². The van der Waals surface area contributed by atoms with Gasteiger partial charge in [0.1, 0.15) is 0 Å². The Morgan fingerprint density at radius 3 is 2.17 bits per heavy atom. The highest BCUT2D eigenvalue weighted by atomic mass is 16.5. The van der Waals surface area contributed by atoms with E-state index in [0.717, 1.165) is 13.2 Å². The molecule has 1 aliphatic rings. The van der Waals surface area contributed by atoms with Crippen LogP contribution in [0.4, 0.5) is 0 Å². The largest absolute Gasteiger partial charge is 0.383 e. The van der Waals surface area contributed by atoms with Crippen molar-refractivity contribution in [1.82, 2.24) is 4.90 Å². The Morgan fingerprint density at radius 2 is 1.67 bits per heavy atom. The molecular weight excluding hydrogens is 150 g/mol. The van der Waals surface area contributed by atoms with Crippen LogP contribution >= 0.6 is 0 Å². The Kier molecular flexibility index (Phi) is 8.95. The summed E-state index contributed by atoms with van der Waals surface area (Å²) in [4.78, 5) is 2.48. The first-order valence-corrected chi connectivity index (χ1v) is 5.15. The van der Waals surface area contributed by atoms with E-state index in [0.29, 0.717) is 0 Å². The molecular formula is C10H23NO. The van der Waals surface area contributed by atoms with Gasteiger partial charge in [-0.15, -0.1) is 0 Å². The van der Waals surface area contributed by atoms with Gasteiger partial charge in [0.25, 0.3) is 0 Å². The van der Waals surface area contributed by atoms with Crippen LogP contribution in [0, 0.1) is 0 Å². The van der Waals surface area contributed by atoms with Crippen molar-refractivity contribution in [2.75, 3.05) is 33.4 Å². The molecule has 0 bridgehead atoms. The van der Waals surface area contributed by atoms with Crippen molar-refractivity contribution in [3.05, 3.63) is 0 Å². The second-order valence-electron chi connectivity index (χ2n) is 2.90. The Morgan fingerprint density at radius 1 is 1.08 bits per heavy atom. The predicted molar refractivity (Wildman–Crippen MR) is 53.5 cm³/mol. The third-order valence-electron chi connectivity index (χ3n) is 2.06. The number of rotatable bonds is 3. The van der Waals surface area contributed by atoms with Crippen LogP contribution in [0.5, 0.6) is 0 Å². The van der Waals surface area contributed by atoms with Crippen LogP contribution in [0.2, 0.25) is 0 Å². The summed E-state index contributed by atoms with van der Waals surface area (Å²) in [5.41, 5.74) is 0. The fraction of sp³-hybridized carbons (Fsp3) is 1.00. The SMILES string of the molecule is CC.COCCN1CCCCC1. The molecule has 12 heavy (non-hydrogen) atoms. The molecule has 1 heterocycles. The monoisotopic (exact) mass is 173 g/mol. The molecule has 1 saturated heterocycles. The number of piperidine rings is 1. The zero-order valence-corrected chi connectivity index (χ0v) is 8.81. The number of hydrogen-bond acceptors (Lipinski definition) is 2. The van der Waals surface area contributed by atoms with E-state index in [1.165, 1.54) is 32.4 Å². The predicted octanol–water partition coefficient (Wildman–Crippen LogP) is 2.14. The number of nitrogens with zero attached hydrogens (tertiary/aromatic N) is 1. The molecule has 0 aromatic heterocycles. The minimum atomic E-state index is 0.889. The molecule has 0 amide bonds. The second-order valence-corrected chi connectivity index (χ2v) is 2.90.